The molecule has 0 aliphatic heterocycles. The molecular formula is C10H9ClN2. The monoisotopic (exact) mass is 192 g/mol. The number of nitrogen functional groups attached to an aromatic ring is 1. The molecule has 0 aliphatic carbocycles. The highest BCUT2D eigenvalue weighted by Crippen LogP contribution is 2.24. The third-order valence-electron chi connectivity index (χ3n) is 2.07. The molecule has 2 nitrogen and oxygen atoms in total. The van der Waals surface area contributed by atoms with E-state index in [4.69, 9.17) is 17.3 Å². The van der Waals surface area contributed by atoms with Crippen LogP contribution in [0, 0.1) is 6.92 Å². The van der Waals surface area contributed by atoms with Crippen molar-refractivity contribution in [1.29, 1.82) is 0 Å². The second-order valence-electron chi connectivity index (χ2n) is 3.02. The van der Waals surface area contributed by atoms with Crippen LogP contribution in [0.1, 0.15) is 5.56 Å². The van der Waals surface area contributed by atoms with Gasteiger partial charge in [-0.3, -0.25) is 4.98 Å². The molecule has 0 saturated heterocycles. The van der Waals surface area contributed by atoms with Crippen molar-refractivity contribution in [3.05, 3.63) is 35.0 Å². The Morgan fingerprint density at radius 1 is 1.38 bits per heavy atom. The smallest absolute Gasteiger partial charge is 0.0723 e. The largest absolute Gasteiger partial charge is 0.398 e. The first kappa shape index (κ1) is 8.32. The SMILES string of the molecule is Cc1cnc2ccc(Cl)cc2c1N. The molecule has 0 saturated carbocycles. The van der Waals surface area contributed by atoms with Crippen LogP contribution in [0.4, 0.5) is 5.69 Å². The number of rotatable bonds is 0. The zero-order valence-corrected chi connectivity index (χ0v) is 7.97. The molecule has 0 bridgehead atoms. The Morgan fingerprint density at radius 3 is 2.92 bits per heavy atom. The third-order valence-corrected chi connectivity index (χ3v) is 2.31. The van der Waals surface area contributed by atoms with Gasteiger partial charge in [-0.05, 0) is 30.7 Å². The first-order valence-electron chi connectivity index (χ1n) is 3.99. The highest BCUT2D eigenvalue weighted by Gasteiger charge is 2.02. The number of aryl methyl sites for hydroxylation is 1. The van der Waals surface area contributed by atoms with Gasteiger partial charge in [0.2, 0.25) is 0 Å². The number of nitrogens with two attached hydrogens (primary N) is 1. The summed E-state index contributed by atoms with van der Waals surface area (Å²) in [4.78, 5) is 4.24. The van der Waals surface area contributed by atoms with E-state index in [1.807, 2.05) is 25.1 Å². The quantitative estimate of drug-likeness (QED) is 0.697. The summed E-state index contributed by atoms with van der Waals surface area (Å²) >= 11 is 5.86. The van der Waals surface area contributed by atoms with E-state index in [2.05, 4.69) is 4.98 Å². The van der Waals surface area contributed by atoms with Crippen molar-refractivity contribution < 1.29 is 0 Å². The molecule has 1 heterocycles. The molecule has 2 rings (SSSR count). The number of nitrogens with zero attached hydrogens (tertiary/aromatic N) is 1. The van der Waals surface area contributed by atoms with Crippen LogP contribution in [-0.4, -0.2) is 4.98 Å². The van der Waals surface area contributed by atoms with Gasteiger partial charge >= 0.3 is 0 Å². The van der Waals surface area contributed by atoms with Gasteiger partial charge in [0, 0.05) is 22.3 Å². The van der Waals surface area contributed by atoms with Crippen LogP contribution < -0.4 is 5.73 Å². The van der Waals surface area contributed by atoms with Gasteiger partial charge in [0.15, 0.2) is 0 Å². The number of hydrogen-bond donors (Lipinski definition) is 1. The number of fused-ring (bicyclic) bond motifs is 1. The van der Waals surface area contributed by atoms with E-state index < -0.39 is 0 Å². The van der Waals surface area contributed by atoms with Gasteiger partial charge in [0.25, 0.3) is 0 Å². The Morgan fingerprint density at radius 2 is 2.15 bits per heavy atom. The maximum Gasteiger partial charge on any atom is 0.0723 e. The summed E-state index contributed by atoms with van der Waals surface area (Å²) in [5.41, 5.74) is 8.51. The van der Waals surface area contributed by atoms with E-state index in [-0.39, 0.29) is 0 Å². The van der Waals surface area contributed by atoms with Gasteiger partial charge in [-0.1, -0.05) is 11.6 Å². The van der Waals surface area contributed by atoms with Gasteiger partial charge in [0.05, 0.1) is 5.52 Å². The molecular weight excluding hydrogens is 184 g/mol. The normalized spacial score (nSPS) is 10.6. The van der Waals surface area contributed by atoms with Crippen LogP contribution in [-0.2, 0) is 0 Å². The van der Waals surface area contributed by atoms with Crippen molar-refractivity contribution in [3.8, 4) is 0 Å². The fourth-order valence-electron chi connectivity index (χ4n) is 1.28. The lowest BCUT2D eigenvalue weighted by Crippen LogP contribution is -1.92. The van der Waals surface area contributed by atoms with Crippen molar-refractivity contribution >= 4 is 28.2 Å². The maximum atomic E-state index is 5.89. The van der Waals surface area contributed by atoms with E-state index >= 15 is 0 Å². The van der Waals surface area contributed by atoms with E-state index in [1.165, 1.54) is 0 Å². The van der Waals surface area contributed by atoms with Crippen LogP contribution in [0.3, 0.4) is 0 Å². The summed E-state index contributed by atoms with van der Waals surface area (Å²) in [5.74, 6) is 0. The lowest BCUT2D eigenvalue weighted by Gasteiger charge is -2.04. The molecule has 0 atom stereocenters. The van der Waals surface area contributed by atoms with Gasteiger partial charge < -0.3 is 5.73 Å². The minimum absolute atomic E-state index is 0.687. The highest BCUT2D eigenvalue weighted by molar-refractivity contribution is 6.31. The molecule has 13 heavy (non-hydrogen) atoms. The summed E-state index contributed by atoms with van der Waals surface area (Å²) in [6.45, 7) is 1.93. The highest BCUT2D eigenvalue weighted by atomic mass is 35.5. The number of hydrogen-bond acceptors (Lipinski definition) is 2. The molecule has 0 amide bonds. The molecule has 66 valence electrons. The number of halogens is 1. The van der Waals surface area contributed by atoms with E-state index in [9.17, 15) is 0 Å². The third kappa shape index (κ3) is 1.33. The summed E-state index contributed by atoms with van der Waals surface area (Å²) < 4.78 is 0. The van der Waals surface area contributed by atoms with Crippen molar-refractivity contribution in [2.75, 3.05) is 5.73 Å². The van der Waals surface area contributed by atoms with Crippen LogP contribution in [0.25, 0.3) is 10.9 Å². The first-order chi connectivity index (χ1) is 6.18. The molecule has 0 spiro atoms. The number of aromatic nitrogens is 1. The molecule has 1 aromatic heterocycles. The lowest BCUT2D eigenvalue weighted by molar-refractivity contribution is 1.34. The van der Waals surface area contributed by atoms with Crippen molar-refractivity contribution in [1.82, 2.24) is 4.98 Å². The summed E-state index contributed by atoms with van der Waals surface area (Å²) in [7, 11) is 0. The molecule has 3 heteroatoms. The fraction of sp³-hybridized carbons (Fsp3) is 0.100. The van der Waals surface area contributed by atoms with Crippen LogP contribution in [0.2, 0.25) is 5.02 Å². The van der Waals surface area contributed by atoms with Crippen molar-refractivity contribution in [2.24, 2.45) is 0 Å². The Labute approximate surface area is 81.3 Å². The first-order valence-corrected chi connectivity index (χ1v) is 4.36. The molecule has 2 N–H and O–H groups in total. The molecule has 0 fully saturated rings. The zero-order chi connectivity index (χ0) is 9.42. The van der Waals surface area contributed by atoms with Crippen LogP contribution in [0.15, 0.2) is 24.4 Å². The summed E-state index contributed by atoms with van der Waals surface area (Å²) in [6.07, 6.45) is 1.77. The fourth-order valence-corrected chi connectivity index (χ4v) is 1.46. The van der Waals surface area contributed by atoms with Gasteiger partial charge in [0.1, 0.15) is 0 Å². The van der Waals surface area contributed by atoms with E-state index in [0.29, 0.717) is 5.02 Å². The van der Waals surface area contributed by atoms with Crippen molar-refractivity contribution in [3.63, 3.8) is 0 Å². The Hall–Kier alpha value is -1.28. The maximum absolute atomic E-state index is 5.89. The second-order valence-corrected chi connectivity index (χ2v) is 3.45. The van der Waals surface area contributed by atoms with Crippen LogP contribution >= 0.6 is 11.6 Å². The Kier molecular flexibility index (Phi) is 1.85. The molecule has 0 unspecified atom stereocenters. The second kappa shape index (κ2) is 2.89. The molecule has 2 aromatic rings. The van der Waals surface area contributed by atoms with Crippen LogP contribution in [0.5, 0.6) is 0 Å². The number of anilines is 1. The Bertz CT molecular complexity index is 460. The number of benzene rings is 1. The zero-order valence-electron chi connectivity index (χ0n) is 7.21. The Balaban J connectivity index is 2.89. The van der Waals surface area contributed by atoms with E-state index in [1.54, 1.807) is 6.20 Å². The lowest BCUT2D eigenvalue weighted by atomic mass is 10.1. The minimum atomic E-state index is 0.687. The summed E-state index contributed by atoms with van der Waals surface area (Å²) in [5, 5.41) is 1.61. The average molecular weight is 193 g/mol. The standard InChI is InChI=1S/C10H9ClN2/c1-6-5-13-9-3-2-7(11)4-8(9)10(6)12/h2-5H,1H3,(H2,12,13). The topological polar surface area (TPSA) is 38.9 Å². The minimum Gasteiger partial charge on any atom is -0.398 e. The molecule has 1 aromatic carbocycles. The predicted molar refractivity (Wildman–Crippen MR) is 55.9 cm³/mol. The molecule has 0 aliphatic rings. The van der Waals surface area contributed by atoms with Crippen molar-refractivity contribution in [2.45, 2.75) is 6.92 Å². The molecule has 0 radical (unpaired) electrons. The predicted octanol–water partition coefficient (Wildman–Crippen LogP) is 2.78. The van der Waals surface area contributed by atoms with Gasteiger partial charge in [-0.15, -0.1) is 0 Å². The van der Waals surface area contributed by atoms with Gasteiger partial charge in [-0.2, -0.15) is 0 Å². The van der Waals surface area contributed by atoms with Gasteiger partial charge in [-0.25, -0.2) is 0 Å². The summed E-state index contributed by atoms with van der Waals surface area (Å²) in [6, 6.07) is 5.52. The van der Waals surface area contributed by atoms with E-state index in [0.717, 1.165) is 22.2 Å². The number of pyridine rings is 1. The average Bonchev–Trinajstić information content (AvgIpc) is 2.12.